The van der Waals surface area contributed by atoms with E-state index in [1.54, 1.807) is 54.6 Å². The van der Waals surface area contributed by atoms with Crippen molar-refractivity contribution in [3.05, 3.63) is 135 Å². The molecule has 0 saturated heterocycles. The van der Waals surface area contributed by atoms with Crippen LogP contribution < -0.4 is 0 Å². The zero-order valence-electron chi connectivity index (χ0n) is 24.9. The molecule has 0 aliphatic carbocycles. The van der Waals surface area contributed by atoms with Gasteiger partial charge in [-0.25, -0.2) is 14.4 Å². The van der Waals surface area contributed by atoms with E-state index in [1.165, 1.54) is 43.5 Å². The fraction of sp³-hybridized carbons (Fsp3) is 0.152. The molecule has 0 fully saturated rings. The summed E-state index contributed by atoms with van der Waals surface area (Å²) in [7, 11) is -3.70. The number of carbonyl (C=O) groups excluding carboxylic acids is 3. The second kappa shape index (κ2) is 17.1. The quantitative estimate of drug-likeness (QED) is 0.0345. The number of oxime groups is 1. The highest BCUT2D eigenvalue weighted by Crippen LogP contribution is 2.33. The van der Waals surface area contributed by atoms with Crippen LogP contribution >= 0.6 is 34.8 Å². The molecule has 48 heavy (non-hydrogen) atoms. The molecule has 0 bridgehead atoms. The molecule has 0 heterocycles. The molecule has 0 unspecified atom stereocenters. The molecule has 4 aromatic carbocycles. The summed E-state index contributed by atoms with van der Waals surface area (Å²) in [4.78, 5) is 43.8. The van der Waals surface area contributed by atoms with E-state index >= 15 is 0 Å². The molecular formula is C33H26Cl3NO10S. The van der Waals surface area contributed by atoms with Crippen LogP contribution in [0.3, 0.4) is 0 Å². The normalized spacial score (nSPS) is 13.2. The first-order valence-electron chi connectivity index (χ1n) is 13.9. The van der Waals surface area contributed by atoms with Gasteiger partial charge in [0.05, 0.1) is 38.0 Å². The van der Waals surface area contributed by atoms with Crippen LogP contribution in [0.2, 0.25) is 15.1 Å². The summed E-state index contributed by atoms with van der Waals surface area (Å²) in [5.41, 5.74) is 0.275. The monoisotopic (exact) mass is 733 g/mol. The first kappa shape index (κ1) is 36.4. The summed E-state index contributed by atoms with van der Waals surface area (Å²) in [6.07, 6.45) is -4.45. The van der Waals surface area contributed by atoms with Gasteiger partial charge in [0.1, 0.15) is 18.6 Å². The number of carbonyl (C=O) groups is 3. The van der Waals surface area contributed by atoms with Crippen molar-refractivity contribution in [2.45, 2.75) is 23.2 Å². The fourth-order valence-corrected chi connectivity index (χ4v) is 6.14. The van der Waals surface area contributed by atoms with Crippen LogP contribution in [0.5, 0.6) is 0 Å². The maximum atomic E-state index is 13.7. The first-order valence-corrected chi connectivity index (χ1v) is 16.4. The van der Waals surface area contributed by atoms with Crippen LogP contribution in [0.4, 0.5) is 0 Å². The number of nitrogens with zero attached hydrogens (tertiary/aromatic N) is 1. The Morgan fingerprint density at radius 2 is 1.19 bits per heavy atom. The lowest BCUT2D eigenvalue weighted by Crippen LogP contribution is -2.48. The molecule has 4 rings (SSSR count). The van der Waals surface area contributed by atoms with E-state index < -0.39 is 57.8 Å². The third kappa shape index (κ3) is 9.78. The van der Waals surface area contributed by atoms with E-state index in [1.807, 2.05) is 0 Å². The minimum atomic E-state index is -4.90. The largest absolute Gasteiger partial charge is 0.459 e. The average molecular weight is 735 g/mol. The van der Waals surface area contributed by atoms with Crippen LogP contribution in [0.25, 0.3) is 0 Å². The van der Waals surface area contributed by atoms with Crippen LogP contribution in [0.1, 0.15) is 31.1 Å². The first-order chi connectivity index (χ1) is 23.0. The van der Waals surface area contributed by atoms with Crippen molar-refractivity contribution in [3.8, 4) is 0 Å². The smallest absolute Gasteiger partial charge is 0.338 e. The molecule has 11 nitrogen and oxygen atoms in total. The standard InChI is InChI=1S/C33H26Cl3NO10S/c1-43-37-19-27(45-32(39)22-13-7-3-8-14-22)30(46-33(40)23-15-9-4-10-16-23)28(20-44-31(38)21-11-5-2-6-12-21)47-48(41,42)29-18-25(35)24(34)17-26(29)36/h2-19,27-28,30H,20H2,1H3/t27-,28+,30-/m0/s1. The third-order valence-corrected chi connectivity index (χ3v) is 8.92. The van der Waals surface area contributed by atoms with Gasteiger partial charge >= 0.3 is 17.9 Å². The van der Waals surface area contributed by atoms with Crippen molar-refractivity contribution in [2.24, 2.45) is 5.16 Å². The van der Waals surface area contributed by atoms with Gasteiger partial charge in [-0.2, -0.15) is 8.42 Å². The minimum Gasteiger partial charge on any atom is -0.459 e. The zero-order valence-corrected chi connectivity index (χ0v) is 28.0. The van der Waals surface area contributed by atoms with E-state index in [0.717, 1.165) is 18.3 Å². The molecule has 0 aromatic heterocycles. The van der Waals surface area contributed by atoms with Crippen LogP contribution in [0.15, 0.2) is 113 Å². The number of ether oxygens (including phenoxy) is 3. The van der Waals surface area contributed by atoms with Gasteiger partial charge in [0, 0.05) is 0 Å². The fourth-order valence-electron chi connectivity index (χ4n) is 4.09. The molecule has 250 valence electrons. The van der Waals surface area contributed by atoms with E-state index in [-0.39, 0.29) is 31.8 Å². The Bertz CT molecular complexity index is 1860. The van der Waals surface area contributed by atoms with Gasteiger partial charge < -0.3 is 19.0 Å². The molecule has 0 aliphatic heterocycles. The van der Waals surface area contributed by atoms with Crippen LogP contribution in [-0.4, -0.2) is 64.6 Å². The van der Waals surface area contributed by atoms with Gasteiger partial charge in [0.25, 0.3) is 10.1 Å². The summed E-state index contributed by atoms with van der Waals surface area (Å²) in [5.74, 6) is -2.75. The Balaban J connectivity index is 1.81. The second-order valence-corrected chi connectivity index (χ2v) is 12.4. The van der Waals surface area contributed by atoms with Gasteiger partial charge in [-0.3, -0.25) is 4.18 Å². The summed E-state index contributed by atoms with van der Waals surface area (Å²) < 4.78 is 49.9. The maximum absolute atomic E-state index is 13.7. The molecule has 4 aromatic rings. The van der Waals surface area contributed by atoms with Crippen molar-refractivity contribution in [3.63, 3.8) is 0 Å². The Labute approximate surface area is 291 Å². The van der Waals surface area contributed by atoms with Crippen molar-refractivity contribution in [1.82, 2.24) is 0 Å². The average Bonchev–Trinajstić information content (AvgIpc) is 3.09. The number of hydrogen-bond acceptors (Lipinski definition) is 11. The van der Waals surface area contributed by atoms with Gasteiger partial charge in [0.15, 0.2) is 18.3 Å². The van der Waals surface area contributed by atoms with Crippen molar-refractivity contribution < 1.29 is 46.0 Å². The number of rotatable bonds is 14. The minimum absolute atomic E-state index is 0.0349. The van der Waals surface area contributed by atoms with E-state index in [9.17, 15) is 22.8 Å². The molecular weight excluding hydrogens is 709 g/mol. The predicted octanol–water partition coefficient (Wildman–Crippen LogP) is 6.66. The molecule has 0 radical (unpaired) electrons. The lowest BCUT2D eigenvalue weighted by atomic mass is 10.1. The van der Waals surface area contributed by atoms with Gasteiger partial charge in [-0.1, -0.05) is 94.6 Å². The summed E-state index contributed by atoms with van der Waals surface area (Å²) in [5, 5.41) is 3.13. The summed E-state index contributed by atoms with van der Waals surface area (Å²) in [6.45, 7) is -0.848. The summed E-state index contributed by atoms with van der Waals surface area (Å²) in [6, 6.07) is 25.3. The van der Waals surface area contributed by atoms with Crippen LogP contribution in [0, 0.1) is 0 Å². The highest BCUT2D eigenvalue weighted by Gasteiger charge is 2.41. The topological polar surface area (TPSA) is 144 Å². The Kier molecular flexibility index (Phi) is 13.0. The maximum Gasteiger partial charge on any atom is 0.338 e. The highest BCUT2D eigenvalue weighted by atomic mass is 35.5. The molecule has 0 spiro atoms. The molecule has 3 atom stereocenters. The Morgan fingerprint density at radius 1 is 0.708 bits per heavy atom. The molecule has 0 saturated carbocycles. The number of halogens is 3. The van der Waals surface area contributed by atoms with E-state index in [0.29, 0.717) is 0 Å². The zero-order chi connectivity index (χ0) is 34.7. The molecule has 15 heteroatoms. The Hall–Kier alpha value is -4.46. The molecule has 0 aliphatic rings. The van der Waals surface area contributed by atoms with Crippen molar-refractivity contribution in [1.29, 1.82) is 0 Å². The number of esters is 3. The van der Waals surface area contributed by atoms with Gasteiger partial charge in [-0.15, -0.1) is 0 Å². The number of benzene rings is 4. The lowest BCUT2D eigenvalue weighted by Gasteiger charge is -2.30. The third-order valence-electron chi connectivity index (χ3n) is 6.39. The Morgan fingerprint density at radius 3 is 1.71 bits per heavy atom. The van der Waals surface area contributed by atoms with E-state index in [4.69, 9.17) is 58.0 Å². The second-order valence-electron chi connectivity index (χ2n) is 9.66. The summed E-state index contributed by atoms with van der Waals surface area (Å²) >= 11 is 18.3. The lowest BCUT2D eigenvalue weighted by molar-refractivity contribution is -0.0685. The van der Waals surface area contributed by atoms with Crippen molar-refractivity contribution >= 4 is 69.0 Å². The number of hydrogen-bond donors (Lipinski definition) is 0. The van der Waals surface area contributed by atoms with Crippen molar-refractivity contribution in [2.75, 3.05) is 13.7 Å². The van der Waals surface area contributed by atoms with Gasteiger partial charge in [-0.05, 0) is 48.5 Å². The van der Waals surface area contributed by atoms with E-state index in [2.05, 4.69) is 5.16 Å². The molecule has 0 amide bonds. The highest BCUT2D eigenvalue weighted by molar-refractivity contribution is 7.87. The van der Waals surface area contributed by atoms with Crippen LogP contribution in [-0.2, 0) is 33.3 Å². The predicted molar refractivity (Wildman–Crippen MR) is 177 cm³/mol. The SMILES string of the molecule is CON=C[C@H](OC(=O)c1ccccc1)[C@H](OC(=O)c1ccccc1)[C@@H](COC(=O)c1ccccc1)OS(=O)(=O)c1cc(Cl)c(Cl)cc1Cl. The van der Waals surface area contributed by atoms with Gasteiger partial charge in [0.2, 0.25) is 0 Å². The molecule has 0 N–H and O–H groups in total.